The van der Waals surface area contributed by atoms with E-state index >= 15 is 0 Å². The highest BCUT2D eigenvalue weighted by Crippen LogP contribution is 2.41. The van der Waals surface area contributed by atoms with E-state index in [9.17, 15) is 18.3 Å². The lowest BCUT2D eigenvalue weighted by Crippen LogP contribution is -2.34. The van der Waals surface area contributed by atoms with Crippen LogP contribution < -0.4 is 9.80 Å². The molecule has 2 heterocycles. The zero-order chi connectivity index (χ0) is 24.2. The van der Waals surface area contributed by atoms with Crippen molar-refractivity contribution in [3.63, 3.8) is 0 Å². The molecule has 2 aromatic rings. The molecule has 0 fully saturated rings. The van der Waals surface area contributed by atoms with Crippen LogP contribution in [0.2, 0.25) is 0 Å². The van der Waals surface area contributed by atoms with Gasteiger partial charge < -0.3 is 24.7 Å². The number of azo groups is 1. The molecule has 0 aliphatic carbocycles. The van der Waals surface area contributed by atoms with Crippen LogP contribution in [-0.2, 0) is 26.0 Å². The maximum absolute atomic E-state index is 13.3. The number of aliphatic hydroxyl groups excluding tert-OH is 2. The van der Waals surface area contributed by atoms with Crippen LogP contribution in [0, 0.1) is 0 Å². The number of anilines is 2. The standard InChI is InChI=1S/C19H24N6O6S2/c1-4-24(5-2)13-6-7-15-14(10-13)25(8-9-31-12(3)27)18(28)17(33(15,29)30)21-22-19-20-16(11-26)23-32-19/h6-7,10,26,28H,4-5,8-9,11H2,1-3H3. The smallest absolute Gasteiger partial charge is 0.302 e. The number of ether oxygens (including phenoxy) is 1. The van der Waals surface area contributed by atoms with Gasteiger partial charge in [0.05, 0.1) is 17.1 Å². The highest BCUT2D eigenvalue weighted by Gasteiger charge is 2.38. The average molecular weight is 497 g/mol. The Labute approximate surface area is 194 Å². The minimum atomic E-state index is -4.22. The summed E-state index contributed by atoms with van der Waals surface area (Å²) >= 11 is 0.821. The number of carbonyl (C=O) groups excluding carboxylic acids is 1. The number of fused-ring (bicyclic) bond motifs is 1. The van der Waals surface area contributed by atoms with E-state index in [2.05, 4.69) is 19.6 Å². The fourth-order valence-electron chi connectivity index (χ4n) is 3.23. The predicted molar refractivity (Wildman–Crippen MR) is 121 cm³/mol. The number of rotatable bonds is 9. The Balaban J connectivity index is 2.09. The Morgan fingerprint density at radius 1 is 1.27 bits per heavy atom. The van der Waals surface area contributed by atoms with Gasteiger partial charge in [-0.05, 0) is 32.0 Å². The lowest BCUT2D eigenvalue weighted by atomic mass is 10.2. The molecule has 0 bridgehead atoms. The minimum absolute atomic E-state index is 0.0118. The molecule has 12 nitrogen and oxygen atoms in total. The van der Waals surface area contributed by atoms with Crippen molar-refractivity contribution in [3.05, 3.63) is 34.9 Å². The number of aliphatic hydroxyl groups is 2. The molecule has 0 saturated heterocycles. The van der Waals surface area contributed by atoms with Gasteiger partial charge in [-0.2, -0.15) is 9.36 Å². The number of hydrogen-bond acceptors (Lipinski definition) is 13. The summed E-state index contributed by atoms with van der Waals surface area (Å²) in [5, 5.41) is 26.8. The van der Waals surface area contributed by atoms with E-state index in [1.54, 1.807) is 12.1 Å². The van der Waals surface area contributed by atoms with E-state index in [4.69, 9.17) is 9.84 Å². The van der Waals surface area contributed by atoms with Crippen molar-refractivity contribution in [1.82, 2.24) is 9.36 Å². The van der Waals surface area contributed by atoms with Crippen LogP contribution in [0.3, 0.4) is 0 Å². The summed E-state index contributed by atoms with van der Waals surface area (Å²) in [4.78, 5) is 18.4. The molecule has 1 aromatic heterocycles. The highest BCUT2D eigenvalue weighted by atomic mass is 32.2. The van der Waals surface area contributed by atoms with Gasteiger partial charge in [-0.25, -0.2) is 8.42 Å². The summed E-state index contributed by atoms with van der Waals surface area (Å²) in [6.45, 7) is 6.11. The summed E-state index contributed by atoms with van der Waals surface area (Å²) in [6.07, 6.45) is 0. The Hall–Kier alpha value is -3.10. The Morgan fingerprint density at radius 3 is 2.61 bits per heavy atom. The van der Waals surface area contributed by atoms with Crippen LogP contribution in [0.1, 0.15) is 26.6 Å². The van der Waals surface area contributed by atoms with E-state index in [-0.39, 0.29) is 34.7 Å². The van der Waals surface area contributed by atoms with Gasteiger partial charge in [0.1, 0.15) is 13.2 Å². The number of nitrogens with zero attached hydrogens (tertiary/aromatic N) is 6. The van der Waals surface area contributed by atoms with Gasteiger partial charge in [0, 0.05) is 37.2 Å². The van der Waals surface area contributed by atoms with Gasteiger partial charge in [0.15, 0.2) is 5.82 Å². The van der Waals surface area contributed by atoms with E-state index in [1.165, 1.54) is 17.9 Å². The number of esters is 1. The van der Waals surface area contributed by atoms with Crippen LogP contribution in [-0.4, -0.2) is 60.2 Å². The van der Waals surface area contributed by atoms with E-state index in [0.29, 0.717) is 13.1 Å². The molecule has 0 radical (unpaired) electrons. The fraction of sp³-hybridized carbons (Fsp3) is 0.421. The first-order valence-corrected chi connectivity index (χ1v) is 12.3. The third kappa shape index (κ3) is 5.12. The molecular weight excluding hydrogens is 472 g/mol. The molecule has 0 atom stereocenters. The molecule has 1 aliphatic heterocycles. The van der Waals surface area contributed by atoms with Crippen molar-refractivity contribution in [1.29, 1.82) is 0 Å². The molecule has 33 heavy (non-hydrogen) atoms. The molecule has 2 N–H and O–H groups in total. The average Bonchev–Trinajstić information content (AvgIpc) is 3.24. The van der Waals surface area contributed by atoms with Crippen molar-refractivity contribution in [3.8, 4) is 0 Å². The summed E-state index contributed by atoms with van der Waals surface area (Å²) in [7, 11) is -4.22. The molecule has 0 amide bonds. The topological polar surface area (TPSA) is 158 Å². The zero-order valence-corrected chi connectivity index (χ0v) is 19.9. The molecular formula is C19H24N6O6S2. The van der Waals surface area contributed by atoms with Crippen LogP contribution >= 0.6 is 11.5 Å². The molecule has 1 aromatic carbocycles. The van der Waals surface area contributed by atoms with Crippen molar-refractivity contribution < 1.29 is 28.2 Å². The molecule has 0 spiro atoms. The number of sulfone groups is 1. The van der Waals surface area contributed by atoms with Gasteiger partial charge in [-0.1, -0.05) is 0 Å². The lowest BCUT2D eigenvalue weighted by molar-refractivity contribution is -0.140. The monoisotopic (exact) mass is 496 g/mol. The quantitative estimate of drug-likeness (QED) is 0.390. The third-order valence-electron chi connectivity index (χ3n) is 4.80. The van der Waals surface area contributed by atoms with E-state index in [1.807, 2.05) is 18.7 Å². The second kappa shape index (κ2) is 10.2. The van der Waals surface area contributed by atoms with Crippen molar-refractivity contribution >= 4 is 43.8 Å². The summed E-state index contributed by atoms with van der Waals surface area (Å²) in [6, 6.07) is 4.80. The maximum Gasteiger partial charge on any atom is 0.302 e. The van der Waals surface area contributed by atoms with Crippen LogP contribution in [0.25, 0.3) is 0 Å². The molecule has 0 unspecified atom stereocenters. The van der Waals surface area contributed by atoms with Gasteiger partial charge in [0.25, 0.3) is 0 Å². The second-order valence-electron chi connectivity index (χ2n) is 6.80. The van der Waals surface area contributed by atoms with Crippen LogP contribution in [0.15, 0.2) is 44.2 Å². The number of carbonyl (C=O) groups is 1. The van der Waals surface area contributed by atoms with Crippen molar-refractivity contribution in [2.75, 3.05) is 36.0 Å². The minimum Gasteiger partial charge on any atom is -0.492 e. The highest BCUT2D eigenvalue weighted by molar-refractivity contribution is 7.95. The van der Waals surface area contributed by atoms with Crippen molar-refractivity contribution in [2.24, 2.45) is 10.2 Å². The Bertz CT molecular complexity index is 1190. The summed E-state index contributed by atoms with van der Waals surface area (Å²) < 4.78 is 35.4. The lowest BCUT2D eigenvalue weighted by Gasteiger charge is -2.31. The van der Waals surface area contributed by atoms with Gasteiger partial charge >= 0.3 is 5.97 Å². The van der Waals surface area contributed by atoms with Gasteiger partial charge in [-0.3, -0.25) is 4.79 Å². The molecule has 3 rings (SSSR count). The van der Waals surface area contributed by atoms with Gasteiger partial charge in [-0.15, -0.1) is 10.2 Å². The Kier molecular flexibility index (Phi) is 7.61. The third-order valence-corrected chi connectivity index (χ3v) is 7.13. The number of hydrogen-bond donors (Lipinski definition) is 2. The summed E-state index contributed by atoms with van der Waals surface area (Å²) in [5.74, 6) is -1.03. The molecule has 1 aliphatic rings. The SMILES string of the molecule is CCN(CC)c1ccc2c(c1)N(CCOC(C)=O)C(O)=C(N=Nc1nc(CO)ns1)S2(=O)=O. The maximum atomic E-state index is 13.3. The molecule has 0 saturated carbocycles. The van der Waals surface area contributed by atoms with Crippen molar-refractivity contribution in [2.45, 2.75) is 32.3 Å². The largest absolute Gasteiger partial charge is 0.492 e. The Morgan fingerprint density at radius 2 is 2.00 bits per heavy atom. The number of aromatic nitrogens is 2. The normalized spacial score (nSPS) is 15.1. The molecule has 178 valence electrons. The first kappa shape index (κ1) is 24.5. The van der Waals surface area contributed by atoms with Crippen LogP contribution in [0.4, 0.5) is 16.5 Å². The zero-order valence-electron chi connectivity index (χ0n) is 18.3. The number of benzene rings is 1. The van der Waals surface area contributed by atoms with E-state index in [0.717, 1.165) is 17.2 Å². The molecule has 14 heteroatoms. The summed E-state index contributed by atoms with van der Waals surface area (Å²) in [5.41, 5.74) is 1.01. The van der Waals surface area contributed by atoms with Crippen LogP contribution in [0.5, 0.6) is 0 Å². The fourth-order valence-corrected chi connectivity index (χ4v) is 5.13. The first-order chi connectivity index (χ1) is 15.7. The second-order valence-corrected chi connectivity index (χ2v) is 9.36. The van der Waals surface area contributed by atoms with E-state index < -0.39 is 33.3 Å². The first-order valence-electron chi connectivity index (χ1n) is 10.1. The van der Waals surface area contributed by atoms with Gasteiger partial charge in [0.2, 0.25) is 25.9 Å². The predicted octanol–water partition coefficient (Wildman–Crippen LogP) is 2.50.